The lowest BCUT2D eigenvalue weighted by molar-refractivity contribution is -0.151. The highest BCUT2D eigenvalue weighted by Crippen LogP contribution is 2.43. The Morgan fingerprint density at radius 2 is 2.33 bits per heavy atom. The molecule has 3 rings (SSSR count). The molecule has 6 heteroatoms. The van der Waals surface area contributed by atoms with Gasteiger partial charge in [0, 0.05) is 37.1 Å². The summed E-state index contributed by atoms with van der Waals surface area (Å²) < 4.78 is 0. The Morgan fingerprint density at radius 3 is 3.00 bits per heavy atom. The summed E-state index contributed by atoms with van der Waals surface area (Å²) in [4.78, 5) is 21.0. The Bertz CT molecular complexity index is 493. The van der Waals surface area contributed by atoms with E-state index in [2.05, 4.69) is 21.7 Å². The Hall–Kier alpha value is -0.980. The van der Waals surface area contributed by atoms with Crippen LogP contribution in [0.1, 0.15) is 24.8 Å². The van der Waals surface area contributed by atoms with Crippen LogP contribution in [0.4, 0.5) is 0 Å². The van der Waals surface area contributed by atoms with E-state index in [1.165, 1.54) is 0 Å². The monoisotopic (exact) mass is 309 g/mol. The van der Waals surface area contributed by atoms with Crippen LogP contribution in [-0.2, 0) is 11.3 Å². The molecule has 2 aliphatic rings. The lowest BCUT2D eigenvalue weighted by Gasteiger charge is -2.29. The topological polar surface area (TPSA) is 56.7 Å². The molecule has 2 aliphatic heterocycles. The first-order valence-electron chi connectivity index (χ1n) is 7.70. The van der Waals surface area contributed by atoms with Crippen molar-refractivity contribution in [2.24, 2.45) is 11.3 Å². The molecule has 0 spiro atoms. The van der Waals surface area contributed by atoms with Crippen LogP contribution in [0.15, 0.2) is 11.6 Å². The molecule has 3 heterocycles. The normalized spacial score (nSPS) is 31.0. The summed E-state index contributed by atoms with van der Waals surface area (Å²) in [6.07, 6.45) is 3.61. The zero-order valence-corrected chi connectivity index (χ0v) is 13.3. The second-order valence-electron chi connectivity index (χ2n) is 6.25. The quantitative estimate of drug-likeness (QED) is 0.918. The van der Waals surface area contributed by atoms with Gasteiger partial charge in [0.1, 0.15) is 5.01 Å². The van der Waals surface area contributed by atoms with Gasteiger partial charge >= 0.3 is 5.97 Å². The van der Waals surface area contributed by atoms with Crippen LogP contribution in [-0.4, -0.2) is 58.6 Å². The third-order valence-electron chi connectivity index (χ3n) is 5.06. The number of carboxylic acid groups (broad SMARTS) is 1. The first-order valence-corrected chi connectivity index (χ1v) is 8.58. The second-order valence-corrected chi connectivity index (χ2v) is 7.23. The molecule has 2 atom stereocenters. The van der Waals surface area contributed by atoms with E-state index in [4.69, 9.17) is 0 Å². The predicted octanol–water partition coefficient (Wildman–Crippen LogP) is 1.76. The molecule has 116 valence electrons. The van der Waals surface area contributed by atoms with E-state index in [1.54, 1.807) is 11.3 Å². The van der Waals surface area contributed by atoms with Crippen molar-refractivity contribution in [1.82, 2.24) is 14.8 Å². The Labute approximate surface area is 129 Å². The van der Waals surface area contributed by atoms with Gasteiger partial charge in [-0.15, -0.1) is 11.3 Å². The standard InChI is InChI=1S/C15H23N3O2S/c1-2-17-8-12-9-18(10-13-16-5-7-21-13)6-3-4-15(12,11-17)14(19)20/h5,7,12H,2-4,6,8-11H2,1H3,(H,19,20)/t12-,15+/m0/s1. The van der Waals surface area contributed by atoms with Gasteiger partial charge < -0.3 is 10.0 Å². The molecular formula is C15H23N3O2S. The van der Waals surface area contributed by atoms with E-state index in [1.807, 2.05) is 11.6 Å². The van der Waals surface area contributed by atoms with Gasteiger partial charge in [0.25, 0.3) is 0 Å². The number of carboxylic acids is 1. The Balaban J connectivity index is 1.76. The van der Waals surface area contributed by atoms with Gasteiger partial charge in [-0.25, -0.2) is 4.98 Å². The third kappa shape index (κ3) is 2.84. The maximum atomic E-state index is 11.9. The van der Waals surface area contributed by atoms with E-state index in [0.717, 1.165) is 50.6 Å². The summed E-state index contributed by atoms with van der Waals surface area (Å²) in [5.41, 5.74) is -0.534. The second kappa shape index (κ2) is 6.02. The van der Waals surface area contributed by atoms with Gasteiger partial charge in [0.2, 0.25) is 0 Å². The maximum Gasteiger partial charge on any atom is 0.311 e. The van der Waals surface area contributed by atoms with Crippen molar-refractivity contribution in [2.45, 2.75) is 26.3 Å². The van der Waals surface area contributed by atoms with Gasteiger partial charge in [-0.2, -0.15) is 0 Å². The minimum absolute atomic E-state index is 0.234. The molecule has 1 N–H and O–H groups in total. The largest absolute Gasteiger partial charge is 0.481 e. The van der Waals surface area contributed by atoms with Crippen molar-refractivity contribution in [3.8, 4) is 0 Å². The van der Waals surface area contributed by atoms with Crippen LogP contribution in [0.2, 0.25) is 0 Å². The zero-order valence-electron chi connectivity index (χ0n) is 12.5. The first-order chi connectivity index (χ1) is 10.1. The molecule has 0 unspecified atom stereocenters. The molecule has 0 saturated carbocycles. The number of likely N-dealkylation sites (tertiary alicyclic amines) is 2. The highest BCUT2D eigenvalue weighted by atomic mass is 32.1. The number of hydrogen-bond acceptors (Lipinski definition) is 5. The molecule has 0 amide bonds. The number of fused-ring (bicyclic) bond motifs is 1. The van der Waals surface area contributed by atoms with Crippen molar-refractivity contribution >= 4 is 17.3 Å². The number of rotatable bonds is 4. The zero-order chi connectivity index (χ0) is 14.9. The van der Waals surface area contributed by atoms with Gasteiger partial charge in [-0.1, -0.05) is 6.92 Å². The molecule has 2 fully saturated rings. The van der Waals surface area contributed by atoms with E-state index in [9.17, 15) is 9.90 Å². The molecule has 0 aromatic carbocycles. The third-order valence-corrected chi connectivity index (χ3v) is 5.82. The summed E-state index contributed by atoms with van der Waals surface area (Å²) in [5.74, 6) is -0.364. The van der Waals surface area contributed by atoms with Crippen molar-refractivity contribution in [3.63, 3.8) is 0 Å². The maximum absolute atomic E-state index is 11.9. The molecule has 2 saturated heterocycles. The number of hydrogen-bond donors (Lipinski definition) is 1. The van der Waals surface area contributed by atoms with E-state index in [-0.39, 0.29) is 5.92 Å². The number of aliphatic carboxylic acids is 1. The average molecular weight is 309 g/mol. The molecular weight excluding hydrogens is 286 g/mol. The van der Waals surface area contributed by atoms with Gasteiger partial charge in [0.05, 0.1) is 12.0 Å². The van der Waals surface area contributed by atoms with E-state index < -0.39 is 11.4 Å². The van der Waals surface area contributed by atoms with E-state index >= 15 is 0 Å². The van der Waals surface area contributed by atoms with Crippen molar-refractivity contribution in [1.29, 1.82) is 0 Å². The SMILES string of the molecule is CCN1C[C@H]2CN(Cc3nccs3)CCC[C@@]2(C(=O)O)C1. The molecule has 0 aliphatic carbocycles. The molecule has 0 bridgehead atoms. The summed E-state index contributed by atoms with van der Waals surface area (Å²) in [6.45, 7) is 7.41. The van der Waals surface area contributed by atoms with Gasteiger partial charge in [0.15, 0.2) is 0 Å². The molecule has 21 heavy (non-hydrogen) atoms. The lowest BCUT2D eigenvalue weighted by Crippen LogP contribution is -2.41. The molecule has 0 radical (unpaired) electrons. The number of carbonyl (C=O) groups is 1. The smallest absolute Gasteiger partial charge is 0.311 e. The fourth-order valence-electron chi connectivity index (χ4n) is 3.87. The minimum Gasteiger partial charge on any atom is -0.481 e. The van der Waals surface area contributed by atoms with Gasteiger partial charge in [-0.05, 0) is 25.9 Å². The average Bonchev–Trinajstić information content (AvgIpc) is 3.04. The lowest BCUT2D eigenvalue weighted by atomic mass is 9.75. The molecule has 5 nitrogen and oxygen atoms in total. The molecule has 1 aromatic rings. The van der Waals surface area contributed by atoms with Gasteiger partial charge in [-0.3, -0.25) is 9.69 Å². The summed E-state index contributed by atoms with van der Waals surface area (Å²) in [6, 6.07) is 0. The Morgan fingerprint density at radius 1 is 1.52 bits per heavy atom. The van der Waals surface area contributed by atoms with Crippen LogP contribution in [0.3, 0.4) is 0 Å². The fourth-order valence-corrected chi connectivity index (χ4v) is 4.53. The van der Waals surface area contributed by atoms with Crippen LogP contribution in [0.25, 0.3) is 0 Å². The first kappa shape index (κ1) is 14.9. The van der Waals surface area contributed by atoms with Crippen LogP contribution < -0.4 is 0 Å². The highest BCUT2D eigenvalue weighted by Gasteiger charge is 2.52. The Kier molecular flexibility index (Phi) is 4.28. The van der Waals surface area contributed by atoms with Crippen molar-refractivity contribution in [2.75, 3.05) is 32.7 Å². The van der Waals surface area contributed by atoms with Crippen LogP contribution in [0.5, 0.6) is 0 Å². The molecule has 1 aromatic heterocycles. The number of nitrogens with zero attached hydrogens (tertiary/aromatic N) is 3. The fraction of sp³-hybridized carbons (Fsp3) is 0.733. The minimum atomic E-state index is -0.598. The number of aromatic nitrogens is 1. The summed E-state index contributed by atoms with van der Waals surface area (Å²) in [7, 11) is 0. The predicted molar refractivity (Wildman–Crippen MR) is 82.3 cm³/mol. The highest BCUT2D eigenvalue weighted by molar-refractivity contribution is 7.09. The summed E-state index contributed by atoms with van der Waals surface area (Å²) >= 11 is 1.68. The van der Waals surface area contributed by atoms with Crippen LogP contribution >= 0.6 is 11.3 Å². The van der Waals surface area contributed by atoms with Crippen molar-refractivity contribution in [3.05, 3.63) is 16.6 Å². The number of thiazole rings is 1. The summed E-state index contributed by atoms with van der Waals surface area (Å²) in [5, 5.41) is 13.0. The van der Waals surface area contributed by atoms with Crippen LogP contribution in [0, 0.1) is 11.3 Å². The van der Waals surface area contributed by atoms with Crippen molar-refractivity contribution < 1.29 is 9.90 Å². The van der Waals surface area contributed by atoms with E-state index in [0.29, 0.717) is 6.54 Å².